The van der Waals surface area contributed by atoms with Crippen molar-refractivity contribution in [1.29, 1.82) is 0 Å². The van der Waals surface area contributed by atoms with E-state index in [4.69, 9.17) is 11.5 Å². The van der Waals surface area contributed by atoms with Crippen LogP contribution in [0.15, 0.2) is 12.1 Å². The summed E-state index contributed by atoms with van der Waals surface area (Å²) < 4.78 is 13.5. The first-order valence-electron chi connectivity index (χ1n) is 7.09. The normalized spacial score (nSPS) is 19.8. The molecule has 2 atom stereocenters. The van der Waals surface area contributed by atoms with Crippen molar-refractivity contribution in [2.24, 2.45) is 11.7 Å². The van der Waals surface area contributed by atoms with Crippen molar-refractivity contribution in [3.05, 3.63) is 33.6 Å². The summed E-state index contributed by atoms with van der Waals surface area (Å²) in [6, 6.07) is 1.60. The number of nitro groups is 1. The Morgan fingerprint density at radius 1 is 1.55 bits per heavy atom. The maximum atomic E-state index is 13.5. The van der Waals surface area contributed by atoms with E-state index in [0.717, 1.165) is 18.9 Å². The molecular formula is C14H19FN4O3. The second-order valence-corrected chi connectivity index (χ2v) is 5.66. The Morgan fingerprint density at radius 2 is 2.23 bits per heavy atom. The van der Waals surface area contributed by atoms with Gasteiger partial charge in [-0.3, -0.25) is 14.9 Å². The van der Waals surface area contributed by atoms with Gasteiger partial charge in [-0.2, -0.15) is 0 Å². The fourth-order valence-electron chi connectivity index (χ4n) is 2.73. The maximum absolute atomic E-state index is 13.5. The molecule has 4 N–H and O–H groups in total. The van der Waals surface area contributed by atoms with Gasteiger partial charge in [-0.25, -0.2) is 4.39 Å². The second kappa shape index (κ2) is 6.27. The third-order valence-electron chi connectivity index (χ3n) is 4.04. The molecule has 1 heterocycles. The number of carbonyl (C=O) groups excluding carboxylic acids is 1. The molecule has 22 heavy (non-hydrogen) atoms. The highest BCUT2D eigenvalue weighted by molar-refractivity contribution is 6.01. The molecule has 1 saturated heterocycles. The van der Waals surface area contributed by atoms with Crippen LogP contribution in [0.4, 0.5) is 15.8 Å². The monoisotopic (exact) mass is 310 g/mol. The Morgan fingerprint density at radius 3 is 2.82 bits per heavy atom. The second-order valence-electron chi connectivity index (χ2n) is 5.66. The molecule has 0 spiro atoms. The quantitative estimate of drug-likeness (QED) is 0.499. The van der Waals surface area contributed by atoms with Gasteiger partial charge in [0.25, 0.3) is 11.6 Å². The highest BCUT2D eigenvalue weighted by Gasteiger charge is 2.29. The summed E-state index contributed by atoms with van der Waals surface area (Å²) in [4.78, 5) is 24.2. The number of rotatable bonds is 3. The topological polar surface area (TPSA) is 115 Å². The predicted molar refractivity (Wildman–Crippen MR) is 79.7 cm³/mol. The zero-order valence-corrected chi connectivity index (χ0v) is 12.3. The molecule has 0 aliphatic carbocycles. The Hall–Kier alpha value is -2.22. The van der Waals surface area contributed by atoms with Crippen LogP contribution in [0, 0.1) is 21.8 Å². The van der Waals surface area contributed by atoms with Gasteiger partial charge in [0.05, 0.1) is 16.6 Å². The van der Waals surface area contributed by atoms with Crippen molar-refractivity contribution in [2.75, 3.05) is 18.8 Å². The number of anilines is 1. The van der Waals surface area contributed by atoms with Crippen LogP contribution >= 0.6 is 0 Å². The predicted octanol–water partition coefficient (Wildman–Crippen LogP) is 1.52. The average molecular weight is 310 g/mol. The Balaban J connectivity index is 2.31. The highest BCUT2D eigenvalue weighted by Crippen LogP contribution is 2.29. The molecule has 1 aromatic rings. The van der Waals surface area contributed by atoms with Gasteiger partial charge < -0.3 is 16.4 Å². The number of nitro benzene ring substituents is 1. The summed E-state index contributed by atoms with van der Waals surface area (Å²) in [7, 11) is 0. The summed E-state index contributed by atoms with van der Waals surface area (Å²) in [5, 5.41) is 10.9. The number of nitrogen functional groups attached to an aromatic ring is 1. The lowest BCUT2D eigenvalue weighted by Gasteiger charge is -2.34. The van der Waals surface area contributed by atoms with Crippen molar-refractivity contribution >= 4 is 17.3 Å². The zero-order valence-electron chi connectivity index (χ0n) is 12.3. The zero-order chi connectivity index (χ0) is 16.4. The first-order chi connectivity index (χ1) is 10.3. The SMILES string of the molecule is CC(N)C1CCCN(C(=O)c2cc(F)cc([N+](=O)[O-])c2N)C1. The molecule has 0 radical (unpaired) electrons. The average Bonchev–Trinajstić information content (AvgIpc) is 2.48. The molecule has 1 fully saturated rings. The van der Waals surface area contributed by atoms with Gasteiger partial charge >= 0.3 is 0 Å². The van der Waals surface area contributed by atoms with Crippen molar-refractivity contribution in [2.45, 2.75) is 25.8 Å². The van der Waals surface area contributed by atoms with Crippen LogP contribution in [0.3, 0.4) is 0 Å². The third-order valence-corrected chi connectivity index (χ3v) is 4.04. The Bertz CT molecular complexity index is 606. The number of likely N-dealkylation sites (tertiary alicyclic amines) is 1. The van der Waals surface area contributed by atoms with Crippen molar-refractivity contribution < 1.29 is 14.1 Å². The largest absolute Gasteiger partial charge is 0.393 e. The number of hydrogen-bond donors (Lipinski definition) is 2. The van der Waals surface area contributed by atoms with E-state index in [1.165, 1.54) is 4.90 Å². The van der Waals surface area contributed by atoms with Crippen molar-refractivity contribution in [3.63, 3.8) is 0 Å². The van der Waals surface area contributed by atoms with Crippen LogP contribution in [-0.4, -0.2) is 34.9 Å². The van der Waals surface area contributed by atoms with Crippen LogP contribution in [0.2, 0.25) is 0 Å². The minimum absolute atomic E-state index is 0.0604. The smallest absolute Gasteiger partial charge is 0.295 e. The van der Waals surface area contributed by atoms with E-state index in [1.807, 2.05) is 6.92 Å². The number of halogens is 1. The van der Waals surface area contributed by atoms with Crippen molar-refractivity contribution in [3.8, 4) is 0 Å². The molecule has 0 aromatic heterocycles. The Labute approximate surface area is 127 Å². The van der Waals surface area contributed by atoms with Gasteiger partial charge in [-0.1, -0.05) is 0 Å². The first kappa shape index (κ1) is 16.2. The fourth-order valence-corrected chi connectivity index (χ4v) is 2.73. The number of nitrogens with two attached hydrogens (primary N) is 2. The summed E-state index contributed by atoms with van der Waals surface area (Å²) in [5.74, 6) is -1.20. The van der Waals surface area contributed by atoms with Crippen LogP contribution < -0.4 is 11.5 Å². The van der Waals surface area contributed by atoms with Crippen LogP contribution in [0.5, 0.6) is 0 Å². The number of benzene rings is 1. The first-order valence-corrected chi connectivity index (χ1v) is 7.09. The molecule has 1 aliphatic rings. The van der Waals surface area contributed by atoms with Gasteiger partial charge in [-0.15, -0.1) is 0 Å². The van der Waals surface area contributed by atoms with E-state index in [1.54, 1.807) is 0 Å². The molecule has 120 valence electrons. The molecule has 0 saturated carbocycles. The van der Waals surface area contributed by atoms with Crippen LogP contribution in [-0.2, 0) is 0 Å². The number of carbonyl (C=O) groups is 1. The standard InChI is InChI=1S/C14H19FN4O3/c1-8(16)9-3-2-4-18(7-9)14(20)11-5-10(15)6-12(13(11)17)19(21)22/h5-6,8-9H,2-4,7,16-17H2,1H3. The van der Waals surface area contributed by atoms with E-state index >= 15 is 0 Å². The van der Waals surface area contributed by atoms with Crippen LogP contribution in [0.25, 0.3) is 0 Å². The molecule has 2 unspecified atom stereocenters. The molecule has 7 nitrogen and oxygen atoms in total. The number of hydrogen-bond acceptors (Lipinski definition) is 5. The lowest BCUT2D eigenvalue weighted by atomic mass is 9.91. The number of piperidine rings is 1. The summed E-state index contributed by atoms with van der Waals surface area (Å²) in [6.07, 6.45) is 1.70. The van der Waals surface area contributed by atoms with Gasteiger partial charge in [-0.05, 0) is 31.7 Å². The van der Waals surface area contributed by atoms with Crippen molar-refractivity contribution in [1.82, 2.24) is 4.90 Å². The Kier molecular flexibility index (Phi) is 4.60. The lowest BCUT2D eigenvalue weighted by Crippen LogP contribution is -2.45. The van der Waals surface area contributed by atoms with Crippen LogP contribution in [0.1, 0.15) is 30.1 Å². The highest BCUT2D eigenvalue weighted by atomic mass is 19.1. The molecule has 1 aromatic carbocycles. The van der Waals surface area contributed by atoms with E-state index in [9.17, 15) is 19.3 Å². The molecule has 1 aliphatic heterocycles. The minimum atomic E-state index is -0.856. The summed E-state index contributed by atoms with van der Waals surface area (Å²) in [5.41, 5.74) is 10.5. The van der Waals surface area contributed by atoms with E-state index in [2.05, 4.69) is 0 Å². The molecule has 8 heteroatoms. The van der Waals surface area contributed by atoms with E-state index in [0.29, 0.717) is 19.2 Å². The van der Waals surface area contributed by atoms with E-state index < -0.39 is 22.3 Å². The minimum Gasteiger partial charge on any atom is -0.393 e. The van der Waals surface area contributed by atoms with Gasteiger partial charge in [0.1, 0.15) is 11.5 Å². The molecule has 0 bridgehead atoms. The van der Waals surface area contributed by atoms with Gasteiger partial charge in [0.15, 0.2) is 0 Å². The maximum Gasteiger partial charge on any atom is 0.295 e. The molecule has 2 rings (SSSR count). The van der Waals surface area contributed by atoms with Gasteiger partial charge in [0.2, 0.25) is 0 Å². The molecule has 1 amide bonds. The lowest BCUT2D eigenvalue weighted by molar-refractivity contribution is -0.384. The van der Waals surface area contributed by atoms with Gasteiger partial charge in [0, 0.05) is 19.1 Å². The summed E-state index contributed by atoms with van der Waals surface area (Å²) >= 11 is 0. The molecular weight excluding hydrogens is 291 g/mol. The number of amides is 1. The fraction of sp³-hybridized carbons (Fsp3) is 0.500. The van der Waals surface area contributed by atoms with E-state index in [-0.39, 0.29) is 23.2 Å². The summed E-state index contributed by atoms with van der Waals surface area (Å²) in [6.45, 7) is 2.83. The number of nitrogens with zero attached hydrogens (tertiary/aromatic N) is 2. The third kappa shape index (κ3) is 3.16.